The van der Waals surface area contributed by atoms with Gasteiger partial charge in [0.05, 0.1) is 13.2 Å². The van der Waals surface area contributed by atoms with Gasteiger partial charge in [-0.2, -0.15) is 5.10 Å². The zero-order chi connectivity index (χ0) is 22.3. The Morgan fingerprint density at radius 2 is 1.81 bits per heavy atom. The maximum absolute atomic E-state index is 14.1. The molecule has 0 saturated heterocycles. The Labute approximate surface area is 189 Å². The van der Waals surface area contributed by atoms with Crippen LogP contribution < -0.4 is 14.9 Å². The SMILES string of the molecule is CCOc1cccc(CNn2c(-c3ccncc3)n[nH]c2=S)c1OCc1ccccc1F. The molecule has 2 aromatic carbocycles. The number of hydrogen-bond acceptors (Lipinski definition) is 6. The number of ether oxygens (including phenoxy) is 2. The van der Waals surface area contributed by atoms with E-state index in [4.69, 9.17) is 21.7 Å². The van der Waals surface area contributed by atoms with E-state index in [1.54, 1.807) is 35.3 Å². The van der Waals surface area contributed by atoms with Crippen molar-refractivity contribution in [3.63, 3.8) is 0 Å². The number of pyridine rings is 1. The lowest BCUT2D eigenvalue weighted by atomic mass is 10.1. The fraction of sp³-hybridized carbons (Fsp3) is 0.174. The van der Waals surface area contributed by atoms with Gasteiger partial charge in [0.25, 0.3) is 0 Å². The van der Waals surface area contributed by atoms with Gasteiger partial charge in [-0.1, -0.05) is 30.3 Å². The van der Waals surface area contributed by atoms with Crippen LogP contribution in [0.1, 0.15) is 18.1 Å². The Bertz CT molecular complexity index is 1240. The average Bonchev–Trinajstić information content (AvgIpc) is 3.19. The van der Waals surface area contributed by atoms with Gasteiger partial charge in [0.1, 0.15) is 12.4 Å². The molecule has 9 heteroatoms. The molecule has 7 nitrogen and oxygen atoms in total. The summed E-state index contributed by atoms with van der Waals surface area (Å²) < 4.78 is 28.0. The van der Waals surface area contributed by atoms with E-state index in [1.807, 2.05) is 37.3 Å². The first kappa shape index (κ1) is 21.5. The number of rotatable bonds is 9. The van der Waals surface area contributed by atoms with Crippen molar-refractivity contribution in [3.8, 4) is 22.9 Å². The normalized spacial score (nSPS) is 10.7. The maximum Gasteiger partial charge on any atom is 0.214 e. The number of H-pyrrole nitrogens is 1. The highest BCUT2D eigenvalue weighted by Gasteiger charge is 2.14. The Morgan fingerprint density at radius 3 is 2.59 bits per heavy atom. The summed E-state index contributed by atoms with van der Waals surface area (Å²) in [6, 6.07) is 15.9. The minimum atomic E-state index is -0.312. The summed E-state index contributed by atoms with van der Waals surface area (Å²) in [5, 5.41) is 7.12. The van der Waals surface area contributed by atoms with Crippen LogP contribution in [0.3, 0.4) is 0 Å². The Kier molecular flexibility index (Phi) is 6.76. The van der Waals surface area contributed by atoms with E-state index in [-0.39, 0.29) is 12.4 Å². The van der Waals surface area contributed by atoms with E-state index in [0.29, 0.717) is 40.8 Å². The van der Waals surface area contributed by atoms with Crippen LogP contribution in [0.2, 0.25) is 0 Å². The van der Waals surface area contributed by atoms with Crippen molar-refractivity contribution in [2.24, 2.45) is 0 Å². The van der Waals surface area contributed by atoms with Gasteiger partial charge in [-0.3, -0.25) is 4.98 Å². The Morgan fingerprint density at radius 1 is 1.03 bits per heavy atom. The molecule has 0 bridgehead atoms. The summed E-state index contributed by atoms with van der Waals surface area (Å²) in [6.45, 7) is 2.83. The number of benzene rings is 2. The molecule has 0 unspecified atom stereocenters. The first-order valence-corrected chi connectivity index (χ1v) is 10.5. The summed E-state index contributed by atoms with van der Waals surface area (Å²) >= 11 is 5.39. The zero-order valence-corrected chi connectivity index (χ0v) is 18.2. The van der Waals surface area contributed by atoms with Crippen molar-refractivity contribution in [1.29, 1.82) is 0 Å². The standard InChI is InChI=1S/C23H22FN5O2S/c1-2-30-20-9-5-7-17(21(20)31-15-18-6-3-4-8-19(18)24)14-26-29-22(27-28-23(29)32)16-10-12-25-13-11-16/h3-13,26H,2,14-15H2,1H3,(H,28,32). The van der Waals surface area contributed by atoms with Crippen molar-refractivity contribution in [2.45, 2.75) is 20.1 Å². The number of halogens is 1. The smallest absolute Gasteiger partial charge is 0.214 e. The topological polar surface area (TPSA) is 77.0 Å². The summed E-state index contributed by atoms with van der Waals surface area (Å²) in [6.07, 6.45) is 3.38. The molecule has 2 heterocycles. The summed E-state index contributed by atoms with van der Waals surface area (Å²) in [5.74, 6) is 1.46. The van der Waals surface area contributed by atoms with E-state index in [0.717, 1.165) is 11.1 Å². The molecule has 0 aliphatic carbocycles. The first-order valence-electron chi connectivity index (χ1n) is 10.1. The number of aromatic nitrogens is 4. The van der Waals surface area contributed by atoms with Gasteiger partial charge < -0.3 is 14.9 Å². The molecule has 4 rings (SSSR count). The second kappa shape index (κ2) is 10.1. The predicted octanol–water partition coefficient (Wildman–Crippen LogP) is 4.86. The highest BCUT2D eigenvalue weighted by Crippen LogP contribution is 2.32. The summed E-state index contributed by atoms with van der Waals surface area (Å²) in [5.41, 5.74) is 5.44. The minimum absolute atomic E-state index is 0.0805. The maximum atomic E-state index is 14.1. The number of hydrogen-bond donors (Lipinski definition) is 2. The summed E-state index contributed by atoms with van der Waals surface area (Å²) in [4.78, 5) is 4.04. The van der Waals surface area contributed by atoms with Gasteiger partial charge in [-0.15, -0.1) is 0 Å². The van der Waals surface area contributed by atoms with Crippen LogP contribution in [0, 0.1) is 10.6 Å². The van der Waals surface area contributed by atoms with E-state index < -0.39 is 0 Å². The van der Waals surface area contributed by atoms with Gasteiger partial charge in [-0.25, -0.2) is 14.2 Å². The second-order valence-electron chi connectivity index (χ2n) is 6.82. The number of nitrogens with one attached hydrogen (secondary N) is 2. The van der Waals surface area contributed by atoms with Crippen LogP contribution in [-0.2, 0) is 13.2 Å². The van der Waals surface area contributed by atoms with Crippen LogP contribution in [-0.4, -0.2) is 26.5 Å². The lowest BCUT2D eigenvalue weighted by molar-refractivity contribution is 0.263. The first-order chi connectivity index (χ1) is 15.7. The fourth-order valence-electron chi connectivity index (χ4n) is 3.20. The van der Waals surface area contributed by atoms with Crippen molar-refractivity contribution in [3.05, 3.63) is 88.7 Å². The van der Waals surface area contributed by atoms with Crippen LogP contribution in [0.25, 0.3) is 11.4 Å². The van der Waals surface area contributed by atoms with Crippen LogP contribution >= 0.6 is 12.2 Å². The molecule has 0 aliphatic heterocycles. The van der Waals surface area contributed by atoms with Gasteiger partial charge in [-0.05, 0) is 43.4 Å². The summed E-state index contributed by atoms with van der Waals surface area (Å²) in [7, 11) is 0. The quantitative estimate of drug-likeness (QED) is 0.354. The average molecular weight is 452 g/mol. The molecule has 32 heavy (non-hydrogen) atoms. The number of aromatic amines is 1. The van der Waals surface area contributed by atoms with E-state index >= 15 is 0 Å². The monoisotopic (exact) mass is 451 g/mol. The third kappa shape index (κ3) is 4.78. The lowest BCUT2D eigenvalue weighted by Gasteiger charge is -2.17. The molecule has 0 spiro atoms. The minimum Gasteiger partial charge on any atom is -0.490 e. The third-order valence-electron chi connectivity index (χ3n) is 4.73. The van der Waals surface area contributed by atoms with Gasteiger partial charge >= 0.3 is 0 Å². The Balaban J connectivity index is 1.59. The van der Waals surface area contributed by atoms with Gasteiger partial charge in [0, 0.05) is 29.1 Å². The van der Waals surface area contributed by atoms with Gasteiger partial charge in [0.15, 0.2) is 17.3 Å². The molecule has 2 aromatic heterocycles. The zero-order valence-electron chi connectivity index (χ0n) is 17.4. The van der Waals surface area contributed by atoms with E-state index in [1.165, 1.54) is 6.07 Å². The number of nitrogens with zero attached hydrogens (tertiary/aromatic N) is 3. The van der Waals surface area contributed by atoms with Crippen LogP contribution in [0.15, 0.2) is 67.0 Å². The number of para-hydroxylation sites is 1. The molecular formula is C23H22FN5O2S. The van der Waals surface area contributed by atoms with Crippen LogP contribution in [0.4, 0.5) is 4.39 Å². The van der Waals surface area contributed by atoms with Gasteiger partial charge in [0.2, 0.25) is 4.77 Å². The molecule has 0 atom stereocenters. The molecule has 0 fully saturated rings. The van der Waals surface area contributed by atoms with Crippen molar-refractivity contribution in [2.75, 3.05) is 12.0 Å². The van der Waals surface area contributed by atoms with Crippen molar-refractivity contribution < 1.29 is 13.9 Å². The largest absolute Gasteiger partial charge is 0.490 e. The molecular weight excluding hydrogens is 429 g/mol. The van der Waals surface area contributed by atoms with Crippen molar-refractivity contribution >= 4 is 12.2 Å². The van der Waals surface area contributed by atoms with E-state index in [9.17, 15) is 4.39 Å². The highest BCUT2D eigenvalue weighted by molar-refractivity contribution is 7.71. The Hall–Kier alpha value is -3.72. The molecule has 164 valence electrons. The molecule has 0 saturated carbocycles. The highest BCUT2D eigenvalue weighted by atomic mass is 32.1. The molecule has 4 aromatic rings. The lowest BCUT2D eigenvalue weighted by Crippen LogP contribution is -2.17. The predicted molar refractivity (Wildman–Crippen MR) is 122 cm³/mol. The second-order valence-corrected chi connectivity index (χ2v) is 7.20. The molecule has 0 aliphatic rings. The van der Waals surface area contributed by atoms with Crippen LogP contribution in [0.5, 0.6) is 11.5 Å². The molecule has 2 N–H and O–H groups in total. The van der Waals surface area contributed by atoms with Crippen molar-refractivity contribution in [1.82, 2.24) is 19.9 Å². The van der Waals surface area contributed by atoms with E-state index in [2.05, 4.69) is 20.6 Å². The fourth-order valence-corrected chi connectivity index (χ4v) is 3.40. The third-order valence-corrected chi connectivity index (χ3v) is 5.00. The molecule has 0 radical (unpaired) electrons. The molecule has 0 amide bonds.